The van der Waals surface area contributed by atoms with Crippen molar-refractivity contribution in [2.24, 2.45) is 0 Å². The largest absolute Gasteiger partial charge is 0.481 e. The summed E-state index contributed by atoms with van der Waals surface area (Å²) in [4.78, 5) is 20.7. The number of nitrogens with one attached hydrogen (secondary N) is 1. The summed E-state index contributed by atoms with van der Waals surface area (Å²) in [5.41, 5.74) is -0.719. The van der Waals surface area contributed by atoms with Crippen LogP contribution in [0.15, 0.2) is 0 Å². The highest BCUT2D eigenvalue weighted by Gasteiger charge is 2.26. The molecule has 0 bridgehead atoms. The van der Waals surface area contributed by atoms with Crippen LogP contribution < -0.4 is 5.32 Å². The Bertz CT molecular complexity index is 183. The number of hydrogen-bond donors (Lipinski definition) is 2. The highest BCUT2D eigenvalue weighted by atomic mass is 16.5. The zero-order valence-electron chi connectivity index (χ0n) is 7.87. The fourth-order valence-corrected chi connectivity index (χ4v) is 1.01. The zero-order valence-corrected chi connectivity index (χ0v) is 7.87. The van der Waals surface area contributed by atoms with Crippen molar-refractivity contribution in [1.29, 1.82) is 0 Å². The molecule has 5 heteroatoms. The van der Waals surface area contributed by atoms with Gasteiger partial charge in [-0.2, -0.15) is 0 Å². The Balaban J connectivity index is 4.14. The molecule has 76 valence electrons. The maximum Gasteiger partial charge on any atom is 0.305 e. The Morgan fingerprint density at radius 2 is 2.31 bits per heavy atom. The molecule has 0 fully saturated rings. The number of carbonyl (C=O) groups excluding carboxylic acids is 1. The molecule has 2 N–H and O–H groups in total. The number of ether oxygens (including phenoxy) is 1. The highest BCUT2D eigenvalue weighted by Crippen LogP contribution is 2.13. The van der Waals surface area contributed by atoms with Gasteiger partial charge in [-0.15, -0.1) is 0 Å². The third kappa shape index (κ3) is 5.19. The van der Waals surface area contributed by atoms with Crippen molar-refractivity contribution < 1.29 is 19.4 Å². The number of rotatable bonds is 7. The van der Waals surface area contributed by atoms with Gasteiger partial charge in [-0.05, 0) is 13.3 Å². The van der Waals surface area contributed by atoms with Gasteiger partial charge in [0.2, 0.25) is 6.41 Å². The number of aliphatic carboxylic acids is 1. The minimum absolute atomic E-state index is 0.102. The summed E-state index contributed by atoms with van der Waals surface area (Å²) in [7, 11) is 1.53. The smallest absolute Gasteiger partial charge is 0.305 e. The average molecular weight is 189 g/mol. The first-order valence-corrected chi connectivity index (χ1v) is 3.96. The molecule has 0 heterocycles. The zero-order chi connectivity index (χ0) is 10.3. The van der Waals surface area contributed by atoms with Crippen molar-refractivity contribution in [3.63, 3.8) is 0 Å². The maximum atomic E-state index is 10.5. The van der Waals surface area contributed by atoms with Crippen LogP contribution in [-0.2, 0) is 14.3 Å². The van der Waals surface area contributed by atoms with Gasteiger partial charge in [0.15, 0.2) is 0 Å². The van der Waals surface area contributed by atoms with Gasteiger partial charge in [0.05, 0.1) is 6.42 Å². The first-order chi connectivity index (χ1) is 6.04. The van der Waals surface area contributed by atoms with E-state index in [-0.39, 0.29) is 6.42 Å². The van der Waals surface area contributed by atoms with Crippen molar-refractivity contribution in [3.8, 4) is 0 Å². The number of carbonyl (C=O) groups is 2. The molecule has 0 aliphatic carbocycles. The molecule has 1 amide bonds. The molecule has 0 aliphatic rings. The Morgan fingerprint density at radius 3 is 2.69 bits per heavy atom. The van der Waals surface area contributed by atoms with Crippen molar-refractivity contribution in [3.05, 3.63) is 0 Å². The minimum Gasteiger partial charge on any atom is -0.481 e. The Kier molecular flexibility index (Phi) is 5.06. The van der Waals surface area contributed by atoms with E-state index < -0.39 is 11.5 Å². The molecule has 0 spiro atoms. The van der Waals surface area contributed by atoms with E-state index in [0.717, 1.165) is 0 Å². The number of carboxylic acid groups (broad SMARTS) is 1. The lowest BCUT2D eigenvalue weighted by Crippen LogP contribution is -2.44. The van der Waals surface area contributed by atoms with Crippen LogP contribution in [-0.4, -0.2) is 36.7 Å². The molecule has 5 nitrogen and oxygen atoms in total. The van der Waals surface area contributed by atoms with Gasteiger partial charge >= 0.3 is 5.97 Å². The maximum absolute atomic E-state index is 10.5. The predicted octanol–water partition coefficient (Wildman–Crippen LogP) is 0.00230. The lowest BCUT2D eigenvalue weighted by Gasteiger charge is -2.26. The van der Waals surface area contributed by atoms with Gasteiger partial charge in [-0.1, -0.05) is 0 Å². The molecule has 1 unspecified atom stereocenters. The summed E-state index contributed by atoms with van der Waals surface area (Å²) in [6, 6.07) is 0. The van der Waals surface area contributed by atoms with Gasteiger partial charge in [0.25, 0.3) is 0 Å². The number of methoxy groups -OCH3 is 1. The molecule has 0 aromatic rings. The minimum atomic E-state index is -0.937. The number of hydrogen-bond acceptors (Lipinski definition) is 3. The van der Waals surface area contributed by atoms with Gasteiger partial charge in [0, 0.05) is 19.3 Å². The molecule has 1 atom stereocenters. The summed E-state index contributed by atoms with van der Waals surface area (Å²) >= 11 is 0. The van der Waals surface area contributed by atoms with Gasteiger partial charge < -0.3 is 15.2 Å². The normalized spacial score (nSPS) is 14.6. The quantitative estimate of drug-likeness (QED) is 0.553. The lowest BCUT2D eigenvalue weighted by atomic mass is 9.94. The van der Waals surface area contributed by atoms with Gasteiger partial charge in [-0.25, -0.2) is 0 Å². The second kappa shape index (κ2) is 5.53. The van der Waals surface area contributed by atoms with E-state index in [0.29, 0.717) is 19.4 Å². The van der Waals surface area contributed by atoms with Crippen LogP contribution >= 0.6 is 0 Å². The molecule has 0 rings (SSSR count). The standard InChI is InChI=1S/C8H15NO4/c1-8(9-6-10,3-4-13-2)5-7(11)12/h6H,3-5H2,1-2H3,(H,9,10)(H,11,12). The highest BCUT2D eigenvalue weighted by molar-refractivity contribution is 5.69. The first-order valence-electron chi connectivity index (χ1n) is 3.96. The van der Waals surface area contributed by atoms with Crippen LogP contribution in [0.4, 0.5) is 0 Å². The van der Waals surface area contributed by atoms with Crippen LogP contribution in [0.5, 0.6) is 0 Å². The first kappa shape index (κ1) is 11.9. The van der Waals surface area contributed by atoms with Gasteiger partial charge in [0.1, 0.15) is 0 Å². The second-order valence-electron chi connectivity index (χ2n) is 3.14. The van der Waals surface area contributed by atoms with Crippen molar-refractivity contribution >= 4 is 12.4 Å². The fourth-order valence-electron chi connectivity index (χ4n) is 1.01. The predicted molar refractivity (Wildman–Crippen MR) is 46.4 cm³/mol. The van der Waals surface area contributed by atoms with E-state index in [1.165, 1.54) is 7.11 Å². The SMILES string of the molecule is COCCC(C)(CC(=O)O)NC=O. The monoisotopic (exact) mass is 189 g/mol. The molecular weight excluding hydrogens is 174 g/mol. The summed E-state index contributed by atoms with van der Waals surface area (Å²) in [5.74, 6) is -0.937. The Labute approximate surface area is 77.1 Å². The fraction of sp³-hybridized carbons (Fsp3) is 0.750. The van der Waals surface area contributed by atoms with E-state index in [4.69, 9.17) is 9.84 Å². The topological polar surface area (TPSA) is 75.6 Å². The Hall–Kier alpha value is -1.10. The summed E-state index contributed by atoms with van der Waals surface area (Å²) in [6.07, 6.45) is 0.891. The van der Waals surface area contributed by atoms with E-state index in [2.05, 4.69) is 5.32 Å². The molecular formula is C8H15NO4. The van der Waals surface area contributed by atoms with E-state index in [1.54, 1.807) is 6.92 Å². The summed E-state index contributed by atoms with van der Waals surface area (Å²) in [5, 5.41) is 11.1. The van der Waals surface area contributed by atoms with Gasteiger partial charge in [-0.3, -0.25) is 9.59 Å². The second-order valence-corrected chi connectivity index (χ2v) is 3.14. The van der Waals surface area contributed by atoms with Crippen molar-refractivity contribution in [2.75, 3.05) is 13.7 Å². The lowest BCUT2D eigenvalue weighted by molar-refractivity contribution is -0.138. The molecule has 0 saturated carbocycles. The summed E-state index contributed by atoms with van der Waals surface area (Å²) < 4.78 is 4.82. The third-order valence-corrected chi connectivity index (χ3v) is 1.81. The van der Waals surface area contributed by atoms with Crippen molar-refractivity contribution in [1.82, 2.24) is 5.32 Å². The van der Waals surface area contributed by atoms with Crippen LogP contribution in [0, 0.1) is 0 Å². The van der Waals surface area contributed by atoms with Crippen LogP contribution in [0.2, 0.25) is 0 Å². The van der Waals surface area contributed by atoms with Crippen molar-refractivity contribution in [2.45, 2.75) is 25.3 Å². The molecule has 0 radical (unpaired) electrons. The van der Waals surface area contributed by atoms with Crippen LogP contribution in [0.3, 0.4) is 0 Å². The van der Waals surface area contributed by atoms with Crippen LogP contribution in [0.1, 0.15) is 19.8 Å². The average Bonchev–Trinajstić information content (AvgIpc) is 2.00. The molecule has 0 aromatic heterocycles. The third-order valence-electron chi connectivity index (χ3n) is 1.81. The summed E-state index contributed by atoms with van der Waals surface area (Å²) in [6.45, 7) is 2.10. The molecule has 0 saturated heterocycles. The number of amides is 1. The molecule has 0 aliphatic heterocycles. The molecule has 0 aromatic carbocycles. The van der Waals surface area contributed by atoms with Crippen LogP contribution in [0.25, 0.3) is 0 Å². The van der Waals surface area contributed by atoms with E-state index in [9.17, 15) is 9.59 Å². The molecule has 13 heavy (non-hydrogen) atoms. The van der Waals surface area contributed by atoms with E-state index >= 15 is 0 Å². The Morgan fingerprint density at radius 1 is 1.69 bits per heavy atom. The number of carboxylic acids is 1. The van der Waals surface area contributed by atoms with E-state index in [1.807, 2.05) is 0 Å².